The molecule has 0 spiro atoms. The lowest BCUT2D eigenvalue weighted by molar-refractivity contribution is -0.384. The number of carbonyl (C=O) groups excluding carboxylic acids is 2. The Morgan fingerprint density at radius 2 is 2.00 bits per heavy atom. The van der Waals surface area contributed by atoms with Crippen molar-refractivity contribution in [2.45, 2.75) is 43.9 Å². The van der Waals surface area contributed by atoms with Gasteiger partial charge in [0.1, 0.15) is 5.82 Å². The van der Waals surface area contributed by atoms with Gasteiger partial charge in [-0.2, -0.15) is 5.26 Å². The zero-order valence-corrected chi connectivity index (χ0v) is 24.7. The summed E-state index contributed by atoms with van der Waals surface area (Å²) in [6.45, 7) is 6.02. The Kier molecular flexibility index (Phi) is 7.85. The highest BCUT2D eigenvalue weighted by molar-refractivity contribution is 8.01. The van der Waals surface area contributed by atoms with Gasteiger partial charge in [0.05, 0.1) is 28.2 Å². The first-order chi connectivity index (χ1) is 20.0. The first kappa shape index (κ1) is 29.0. The molecule has 1 aromatic heterocycles. The summed E-state index contributed by atoms with van der Waals surface area (Å²) in [7, 11) is 0. The zero-order valence-electron chi connectivity index (χ0n) is 23.1. The molecule has 13 heteroatoms. The second-order valence-electron chi connectivity index (χ2n) is 10.9. The monoisotopic (exact) mass is 601 g/mol. The van der Waals surface area contributed by atoms with Gasteiger partial charge in [-0.25, -0.2) is 0 Å². The number of nitrogens with two attached hydrogens (primary N) is 1. The van der Waals surface area contributed by atoms with Gasteiger partial charge < -0.3 is 11.1 Å². The minimum Gasteiger partial charge on any atom is -0.384 e. The van der Waals surface area contributed by atoms with Gasteiger partial charge in [0.15, 0.2) is 10.1 Å². The summed E-state index contributed by atoms with van der Waals surface area (Å²) in [4.78, 5) is 38.3. The van der Waals surface area contributed by atoms with E-state index in [-0.39, 0.29) is 39.9 Å². The number of anilines is 2. The largest absolute Gasteiger partial charge is 0.384 e. The van der Waals surface area contributed by atoms with Crippen LogP contribution in [0.1, 0.15) is 43.7 Å². The second kappa shape index (κ2) is 11.4. The molecule has 1 aliphatic carbocycles. The first-order valence-corrected chi connectivity index (χ1v) is 14.8. The number of nitrogens with one attached hydrogen (secondary N) is 1. The maximum absolute atomic E-state index is 13.7. The van der Waals surface area contributed by atoms with E-state index in [0.717, 1.165) is 22.9 Å². The molecule has 0 bridgehead atoms. The number of Topliss-reactive ketones (excluding diaryl/α,β-unsaturated/α-hetero) is 1. The number of nitro benzene ring substituents is 1. The van der Waals surface area contributed by atoms with E-state index < -0.39 is 10.8 Å². The fraction of sp³-hybridized carbons (Fsp3) is 0.276. The van der Waals surface area contributed by atoms with Crippen molar-refractivity contribution in [1.82, 2.24) is 10.2 Å². The highest BCUT2D eigenvalue weighted by Crippen LogP contribution is 2.50. The van der Waals surface area contributed by atoms with E-state index in [1.165, 1.54) is 29.5 Å². The molecule has 0 fully saturated rings. The third-order valence-electron chi connectivity index (χ3n) is 7.05. The smallest absolute Gasteiger partial charge is 0.271 e. The molecule has 42 heavy (non-hydrogen) atoms. The van der Waals surface area contributed by atoms with Crippen LogP contribution in [0.15, 0.2) is 75.5 Å². The third kappa shape index (κ3) is 5.77. The maximum atomic E-state index is 13.7. The van der Waals surface area contributed by atoms with Crippen LogP contribution in [-0.2, 0) is 9.59 Å². The van der Waals surface area contributed by atoms with Gasteiger partial charge in [0, 0.05) is 35.5 Å². The van der Waals surface area contributed by atoms with Gasteiger partial charge in [-0.3, -0.25) is 24.6 Å². The number of aryl methyl sites for hydroxylation is 1. The Hall–Kier alpha value is -4.54. The molecule has 1 aliphatic heterocycles. The average Bonchev–Trinajstić information content (AvgIpc) is 3.39. The lowest BCUT2D eigenvalue weighted by atomic mass is 9.68. The molecule has 0 saturated heterocycles. The Labute approximate surface area is 250 Å². The van der Waals surface area contributed by atoms with Crippen LogP contribution >= 0.6 is 23.1 Å². The topological polar surface area (TPSA) is 168 Å². The molecule has 214 valence electrons. The van der Waals surface area contributed by atoms with Crippen LogP contribution in [0.3, 0.4) is 0 Å². The molecule has 2 aliphatic rings. The number of allylic oxidation sites excluding steroid dienone is 3. The van der Waals surface area contributed by atoms with Gasteiger partial charge >= 0.3 is 0 Å². The van der Waals surface area contributed by atoms with Crippen LogP contribution < -0.4 is 16.0 Å². The van der Waals surface area contributed by atoms with E-state index in [1.807, 2.05) is 45.0 Å². The van der Waals surface area contributed by atoms with Crippen molar-refractivity contribution < 1.29 is 14.5 Å². The highest BCUT2D eigenvalue weighted by atomic mass is 32.2. The van der Waals surface area contributed by atoms with Crippen molar-refractivity contribution >= 4 is 51.3 Å². The fourth-order valence-corrected chi connectivity index (χ4v) is 6.87. The predicted molar refractivity (Wildman–Crippen MR) is 161 cm³/mol. The van der Waals surface area contributed by atoms with Gasteiger partial charge in [-0.05, 0) is 30.4 Å². The molecular formula is C29H27N7O4S2. The summed E-state index contributed by atoms with van der Waals surface area (Å²) in [5.74, 6) is -0.796. The van der Waals surface area contributed by atoms with Crippen LogP contribution in [0, 0.1) is 33.8 Å². The molecule has 3 aromatic rings. The molecule has 0 saturated carbocycles. The number of nitrogens with zero attached hydrogens (tertiary/aromatic N) is 5. The molecule has 2 heterocycles. The SMILES string of the molecule is Cc1ccc(C2C(C#N)=C(N)N(c3nnc(SCC(=O)Nc4cccc([N+](=O)[O-])c4)s3)C3=C2C(=O)CC(C)(C)C3)cc1. The van der Waals surface area contributed by atoms with Gasteiger partial charge in [0.25, 0.3) is 5.69 Å². The van der Waals surface area contributed by atoms with E-state index in [9.17, 15) is 25.0 Å². The molecule has 11 nitrogen and oxygen atoms in total. The highest BCUT2D eigenvalue weighted by Gasteiger charge is 2.45. The lowest BCUT2D eigenvalue weighted by Crippen LogP contribution is -2.42. The number of aromatic nitrogens is 2. The number of amides is 1. The van der Waals surface area contributed by atoms with Crippen molar-refractivity contribution in [1.29, 1.82) is 5.26 Å². The lowest BCUT2D eigenvalue weighted by Gasteiger charge is -2.42. The van der Waals surface area contributed by atoms with Crippen molar-refractivity contribution in [3.8, 4) is 6.07 Å². The summed E-state index contributed by atoms with van der Waals surface area (Å²) in [6, 6.07) is 15.7. The average molecular weight is 602 g/mol. The summed E-state index contributed by atoms with van der Waals surface area (Å²) >= 11 is 2.34. The molecule has 3 N–H and O–H groups in total. The molecule has 1 atom stereocenters. The van der Waals surface area contributed by atoms with E-state index in [2.05, 4.69) is 21.6 Å². The van der Waals surface area contributed by atoms with Crippen LogP contribution in [0.25, 0.3) is 0 Å². The maximum Gasteiger partial charge on any atom is 0.271 e. The number of nitro groups is 1. The van der Waals surface area contributed by atoms with Crippen molar-refractivity contribution in [2.75, 3.05) is 16.0 Å². The Morgan fingerprint density at radius 3 is 2.69 bits per heavy atom. The molecule has 1 unspecified atom stereocenters. The number of ketones is 1. The summed E-state index contributed by atoms with van der Waals surface area (Å²) in [5.41, 5.74) is 9.94. The number of thioether (sulfide) groups is 1. The van der Waals surface area contributed by atoms with Crippen molar-refractivity contribution in [3.63, 3.8) is 0 Å². The van der Waals surface area contributed by atoms with E-state index in [4.69, 9.17) is 5.73 Å². The number of nitriles is 1. The number of non-ortho nitro benzene ring substituents is 1. The number of rotatable bonds is 7. The standard InChI is InChI=1S/C29H27N7O4S2/c1-16-7-9-17(10-8-16)24-20(14-30)26(31)35(21-12-29(2,3)13-22(37)25(21)24)27-33-34-28(42-27)41-15-23(38)32-18-5-4-6-19(11-18)36(39)40/h4-11,24H,12-13,15,31H2,1-3H3,(H,32,38). The number of hydrogen-bond donors (Lipinski definition) is 2. The van der Waals surface area contributed by atoms with Gasteiger partial charge in [-0.15, -0.1) is 10.2 Å². The number of benzene rings is 2. The molecule has 2 aromatic carbocycles. The van der Waals surface area contributed by atoms with E-state index in [0.29, 0.717) is 39.3 Å². The zero-order chi connectivity index (χ0) is 30.2. The molecule has 5 rings (SSSR count). The minimum atomic E-state index is -0.579. The van der Waals surface area contributed by atoms with Crippen LogP contribution in [0.4, 0.5) is 16.5 Å². The minimum absolute atomic E-state index is 0.0128. The van der Waals surface area contributed by atoms with Crippen LogP contribution in [0.5, 0.6) is 0 Å². The van der Waals surface area contributed by atoms with Crippen molar-refractivity contribution in [3.05, 3.63) is 92.4 Å². The number of hydrogen-bond acceptors (Lipinski definition) is 11. The fourth-order valence-electron chi connectivity index (χ4n) is 5.19. The summed E-state index contributed by atoms with van der Waals surface area (Å²) < 4.78 is 0.481. The van der Waals surface area contributed by atoms with E-state index in [1.54, 1.807) is 11.0 Å². The Morgan fingerprint density at radius 1 is 1.26 bits per heavy atom. The normalized spacial score (nSPS) is 18.0. The first-order valence-electron chi connectivity index (χ1n) is 13.0. The van der Waals surface area contributed by atoms with Crippen LogP contribution in [0.2, 0.25) is 0 Å². The van der Waals surface area contributed by atoms with Gasteiger partial charge in [-0.1, -0.05) is 72.8 Å². The van der Waals surface area contributed by atoms with Crippen molar-refractivity contribution in [2.24, 2.45) is 11.1 Å². The quantitative estimate of drug-likeness (QED) is 0.202. The molecule has 1 amide bonds. The molecular weight excluding hydrogens is 574 g/mol. The summed E-state index contributed by atoms with van der Waals surface area (Å²) in [6.07, 6.45) is 0.890. The van der Waals surface area contributed by atoms with E-state index >= 15 is 0 Å². The van der Waals surface area contributed by atoms with Gasteiger partial charge in [0.2, 0.25) is 11.0 Å². The van der Waals surface area contributed by atoms with Crippen LogP contribution in [-0.4, -0.2) is 32.6 Å². The second-order valence-corrected chi connectivity index (χ2v) is 13.1. The predicted octanol–water partition coefficient (Wildman–Crippen LogP) is 5.43. The Bertz CT molecular complexity index is 1700. The Balaban J connectivity index is 1.43. The number of carbonyl (C=O) groups is 2. The summed E-state index contributed by atoms with van der Waals surface area (Å²) in [5, 5.41) is 32.8. The molecule has 0 radical (unpaired) electrons. The third-order valence-corrected chi connectivity index (χ3v) is 9.09.